The van der Waals surface area contributed by atoms with Crippen molar-refractivity contribution in [3.8, 4) is 11.1 Å². The molecule has 5 heteroatoms. The first-order valence-corrected chi connectivity index (χ1v) is 7.55. The van der Waals surface area contributed by atoms with Gasteiger partial charge in [0.15, 0.2) is 0 Å². The normalized spacial score (nSPS) is 12.1. The molecule has 0 spiro atoms. The number of nitrogens with zero attached hydrogens (tertiary/aromatic N) is 1. The van der Waals surface area contributed by atoms with Crippen LogP contribution in [0, 0.1) is 0 Å². The van der Waals surface area contributed by atoms with Crippen LogP contribution in [0.3, 0.4) is 0 Å². The molecule has 0 bridgehead atoms. The molecule has 1 heterocycles. The molecule has 0 aliphatic heterocycles. The number of aromatic nitrogens is 1. The molecule has 1 unspecified atom stereocenters. The van der Waals surface area contributed by atoms with Gasteiger partial charge in [-0.2, -0.15) is 0 Å². The van der Waals surface area contributed by atoms with Gasteiger partial charge in [-0.15, -0.1) is 0 Å². The summed E-state index contributed by atoms with van der Waals surface area (Å²) in [6.07, 6.45) is 4.15. The second-order valence-corrected chi connectivity index (χ2v) is 5.57. The average molecular weight is 327 g/mol. The zero-order valence-electron chi connectivity index (χ0n) is 12.2. The fourth-order valence-corrected chi connectivity index (χ4v) is 2.94. The number of amides is 1. The van der Waals surface area contributed by atoms with Crippen LogP contribution in [0.15, 0.2) is 54.9 Å². The Morgan fingerprint density at radius 3 is 2.83 bits per heavy atom. The van der Waals surface area contributed by atoms with Gasteiger partial charge in [-0.3, -0.25) is 9.78 Å². The highest BCUT2D eigenvalue weighted by atomic mass is 35.5. The van der Waals surface area contributed by atoms with E-state index in [-0.39, 0.29) is 6.61 Å². The van der Waals surface area contributed by atoms with Gasteiger partial charge < -0.3 is 10.4 Å². The number of hydrogen-bond donors (Lipinski definition) is 2. The number of rotatable bonds is 5. The molecule has 0 radical (unpaired) electrons. The lowest BCUT2D eigenvalue weighted by molar-refractivity contribution is -0.110. The van der Waals surface area contributed by atoms with E-state index in [4.69, 9.17) is 11.6 Å². The van der Waals surface area contributed by atoms with E-state index in [1.807, 2.05) is 42.6 Å². The highest BCUT2D eigenvalue weighted by Crippen LogP contribution is 2.34. The molecule has 1 aromatic heterocycles. The zero-order chi connectivity index (χ0) is 16.2. The highest BCUT2D eigenvalue weighted by molar-refractivity contribution is 6.33. The number of carbonyl (C=O) groups excluding carboxylic acids is 1. The summed E-state index contributed by atoms with van der Waals surface area (Å²) in [6, 6.07) is 13.0. The molecule has 0 fully saturated rings. The summed E-state index contributed by atoms with van der Waals surface area (Å²) in [4.78, 5) is 14.8. The second kappa shape index (κ2) is 6.77. The van der Waals surface area contributed by atoms with Gasteiger partial charge in [-0.25, -0.2) is 0 Å². The molecule has 3 aromatic rings. The number of aliphatic hydroxyl groups excluding tert-OH is 1. The molecule has 116 valence electrons. The molecule has 0 saturated carbocycles. The standard InChI is InChI=1S/C18H15ClN2O2/c19-17-8-13(18(10-22)21-11-23)4-5-15(17)14-3-1-2-12-6-7-20-9-16(12)14/h1-9,11,18,22H,10H2,(H,21,23). The van der Waals surface area contributed by atoms with Crippen LogP contribution in [0.25, 0.3) is 21.9 Å². The Labute approximate surface area is 138 Å². The number of carbonyl (C=O) groups is 1. The Balaban J connectivity index is 2.08. The first-order chi connectivity index (χ1) is 11.2. The maximum atomic E-state index is 10.6. The fraction of sp³-hybridized carbons (Fsp3) is 0.111. The van der Waals surface area contributed by atoms with Crippen molar-refractivity contribution in [3.63, 3.8) is 0 Å². The summed E-state index contributed by atoms with van der Waals surface area (Å²) in [6.45, 7) is -0.188. The van der Waals surface area contributed by atoms with E-state index >= 15 is 0 Å². The molecule has 1 atom stereocenters. The summed E-state index contributed by atoms with van der Waals surface area (Å²) in [5.41, 5.74) is 2.64. The van der Waals surface area contributed by atoms with Crippen LogP contribution in [0.5, 0.6) is 0 Å². The van der Waals surface area contributed by atoms with Gasteiger partial charge in [0, 0.05) is 28.4 Å². The minimum absolute atomic E-state index is 0.188. The van der Waals surface area contributed by atoms with E-state index < -0.39 is 6.04 Å². The van der Waals surface area contributed by atoms with Crippen molar-refractivity contribution in [1.29, 1.82) is 0 Å². The van der Waals surface area contributed by atoms with Crippen molar-refractivity contribution in [3.05, 3.63) is 65.4 Å². The van der Waals surface area contributed by atoms with Crippen LogP contribution in [0.4, 0.5) is 0 Å². The first-order valence-electron chi connectivity index (χ1n) is 7.17. The van der Waals surface area contributed by atoms with Gasteiger partial charge in [0.05, 0.1) is 12.6 Å². The number of benzene rings is 2. The van der Waals surface area contributed by atoms with Crippen LogP contribution >= 0.6 is 11.6 Å². The molecular weight excluding hydrogens is 312 g/mol. The molecule has 23 heavy (non-hydrogen) atoms. The lowest BCUT2D eigenvalue weighted by Crippen LogP contribution is -2.22. The summed E-state index contributed by atoms with van der Waals surface area (Å²) in [7, 11) is 0. The Hall–Kier alpha value is -2.43. The fourth-order valence-electron chi connectivity index (χ4n) is 2.65. The van der Waals surface area contributed by atoms with Crippen molar-refractivity contribution in [2.75, 3.05) is 6.61 Å². The van der Waals surface area contributed by atoms with E-state index in [1.54, 1.807) is 12.3 Å². The third kappa shape index (κ3) is 3.04. The summed E-state index contributed by atoms with van der Waals surface area (Å²) in [5.74, 6) is 0. The summed E-state index contributed by atoms with van der Waals surface area (Å²) < 4.78 is 0. The van der Waals surface area contributed by atoms with Crippen LogP contribution in [-0.4, -0.2) is 23.1 Å². The zero-order valence-corrected chi connectivity index (χ0v) is 13.0. The lowest BCUT2D eigenvalue weighted by Gasteiger charge is -2.15. The van der Waals surface area contributed by atoms with Crippen LogP contribution in [0.1, 0.15) is 11.6 Å². The number of nitrogens with one attached hydrogen (secondary N) is 1. The Morgan fingerprint density at radius 2 is 2.09 bits per heavy atom. The van der Waals surface area contributed by atoms with Gasteiger partial charge in [0.25, 0.3) is 0 Å². The minimum atomic E-state index is -0.465. The lowest BCUT2D eigenvalue weighted by atomic mass is 9.97. The molecule has 0 saturated heterocycles. The van der Waals surface area contributed by atoms with Crippen LogP contribution < -0.4 is 5.32 Å². The summed E-state index contributed by atoms with van der Waals surface area (Å²) >= 11 is 6.45. The van der Waals surface area contributed by atoms with Crippen molar-refractivity contribution < 1.29 is 9.90 Å². The second-order valence-electron chi connectivity index (χ2n) is 5.16. The quantitative estimate of drug-likeness (QED) is 0.707. The molecule has 2 aromatic carbocycles. The third-order valence-electron chi connectivity index (χ3n) is 3.82. The Morgan fingerprint density at radius 1 is 1.22 bits per heavy atom. The SMILES string of the molecule is O=CNC(CO)c1ccc(-c2cccc3ccncc23)c(Cl)c1. The molecule has 1 amide bonds. The smallest absolute Gasteiger partial charge is 0.207 e. The van der Waals surface area contributed by atoms with Crippen molar-refractivity contribution in [2.24, 2.45) is 0 Å². The number of fused-ring (bicyclic) bond motifs is 1. The molecule has 4 nitrogen and oxygen atoms in total. The average Bonchev–Trinajstić information content (AvgIpc) is 2.59. The van der Waals surface area contributed by atoms with Gasteiger partial charge in [-0.05, 0) is 28.6 Å². The molecule has 0 aliphatic rings. The van der Waals surface area contributed by atoms with Gasteiger partial charge in [0.1, 0.15) is 0 Å². The maximum Gasteiger partial charge on any atom is 0.207 e. The van der Waals surface area contributed by atoms with E-state index in [1.165, 1.54) is 0 Å². The summed E-state index contributed by atoms with van der Waals surface area (Å²) in [5, 5.41) is 14.6. The molecule has 2 N–H and O–H groups in total. The van der Waals surface area contributed by atoms with Gasteiger partial charge >= 0.3 is 0 Å². The number of pyridine rings is 1. The number of hydrogen-bond acceptors (Lipinski definition) is 3. The van der Waals surface area contributed by atoms with E-state index in [9.17, 15) is 9.90 Å². The van der Waals surface area contributed by atoms with E-state index in [2.05, 4.69) is 10.3 Å². The van der Waals surface area contributed by atoms with Crippen molar-refractivity contribution >= 4 is 28.8 Å². The molecule has 0 aliphatic carbocycles. The highest BCUT2D eigenvalue weighted by Gasteiger charge is 2.13. The molecular formula is C18H15ClN2O2. The number of halogens is 1. The predicted octanol–water partition coefficient (Wildman–Crippen LogP) is 3.33. The van der Waals surface area contributed by atoms with Crippen molar-refractivity contribution in [2.45, 2.75) is 6.04 Å². The van der Waals surface area contributed by atoms with E-state index in [0.717, 1.165) is 27.5 Å². The first kappa shape index (κ1) is 15.5. The van der Waals surface area contributed by atoms with E-state index in [0.29, 0.717) is 11.4 Å². The molecule has 3 rings (SSSR count). The van der Waals surface area contributed by atoms with Crippen LogP contribution in [0.2, 0.25) is 5.02 Å². The third-order valence-corrected chi connectivity index (χ3v) is 4.13. The van der Waals surface area contributed by atoms with Crippen LogP contribution in [-0.2, 0) is 4.79 Å². The topological polar surface area (TPSA) is 62.2 Å². The minimum Gasteiger partial charge on any atom is -0.394 e. The largest absolute Gasteiger partial charge is 0.394 e. The van der Waals surface area contributed by atoms with Gasteiger partial charge in [-0.1, -0.05) is 41.9 Å². The predicted molar refractivity (Wildman–Crippen MR) is 91.2 cm³/mol. The monoisotopic (exact) mass is 326 g/mol. The van der Waals surface area contributed by atoms with Crippen molar-refractivity contribution in [1.82, 2.24) is 10.3 Å². The number of aliphatic hydroxyl groups is 1. The Kier molecular flexibility index (Phi) is 4.55. The Bertz CT molecular complexity index is 846. The van der Waals surface area contributed by atoms with Gasteiger partial charge in [0.2, 0.25) is 6.41 Å². The maximum absolute atomic E-state index is 10.6.